The maximum absolute atomic E-state index is 13.6. The third-order valence-electron chi connectivity index (χ3n) is 9.13. The first kappa shape index (κ1) is 28.5. The number of fused-ring (bicyclic) bond motifs is 1. The Balaban J connectivity index is 1.14. The average Bonchev–Trinajstić information content (AvgIpc) is 3.97. The lowest BCUT2D eigenvalue weighted by Crippen LogP contribution is -2.42. The lowest BCUT2D eigenvalue weighted by Gasteiger charge is -2.32. The highest BCUT2D eigenvalue weighted by Gasteiger charge is 2.35. The van der Waals surface area contributed by atoms with E-state index >= 15 is 0 Å². The first-order chi connectivity index (χ1) is 21.1. The Morgan fingerprint density at radius 3 is 2.65 bits per heavy atom. The Hall–Kier alpha value is -3.28. The predicted molar refractivity (Wildman–Crippen MR) is 167 cm³/mol. The maximum atomic E-state index is 13.6. The Morgan fingerprint density at radius 1 is 1.07 bits per heavy atom. The number of thiophene rings is 1. The number of benzene rings is 1. The molecule has 3 heterocycles. The number of ether oxygens (including phenoxy) is 1. The molecule has 1 atom stereocenters. The molecule has 43 heavy (non-hydrogen) atoms. The van der Waals surface area contributed by atoms with Crippen molar-refractivity contribution in [1.82, 2.24) is 25.0 Å². The van der Waals surface area contributed by atoms with Crippen LogP contribution in [0.15, 0.2) is 36.7 Å². The summed E-state index contributed by atoms with van der Waals surface area (Å²) in [6.07, 6.45) is 8.58. The Kier molecular flexibility index (Phi) is 8.45. The molecule has 3 aromatic rings. The molecule has 228 valence electrons. The van der Waals surface area contributed by atoms with Crippen LogP contribution in [0.25, 0.3) is 0 Å². The summed E-state index contributed by atoms with van der Waals surface area (Å²) in [5.41, 5.74) is 2.97. The van der Waals surface area contributed by atoms with E-state index in [2.05, 4.69) is 59.5 Å². The quantitative estimate of drug-likeness (QED) is 0.324. The number of amides is 2. The van der Waals surface area contributed by atoms with E-state index in [1.807, 2.05) is 12.4 Å². The standard InChI is InChI=1S/C32H41N7O3S/c40-29(24-8-9-24)35-31-28(30(41)33-19-22-6-7-22)26-18-25(10-11-27(26)43-31)39-21-34-36-32(39)38(20-23-4-2-1-3-5-23)13-12-37-14-16-42-17-15-37/h1-5,21-22,24-25H,6-20H2,(H,33,41)(H,35,40)/t25-/m1/s1. The summed E-state index contributed by atoms with van der Waals surface area (Å²) in [6.45, 7) is 6.65. The number of carbonyl (C=O) groups excluding carboxylic acids is 2. The van der Waals surface area contributed by atoms with Crippen LogP contribution in [0.4, 0.5) is 10.9 Å². The normalized spacial score (nSPS) is 20.4. The minimum Gasteiger partial charge on any atom is -0.379 e. The molecule has 10 nitrogen and oxygen atoms in total. The van der Waals surface area contributed by atoms with Gasteiger partial charge in [-0.3, -0.25) is 19.1 Å². The van der Waals surface area contributed by atoms with Crippen molar-refractivity contribution in [1.29, 1.82) is 0 Å². The van der Waals surface area contributed by atoms with E-state index in [0.29, 0.717) is 24.4 Å². The van der Waals surface area contributed by atoms with E-state index in [-0.39, 0.29) is 23.8 Å². The number of nitrogens with one attached hydrogen (secondary N) is 2. The van der Waals surface area contributed by atoms with Crippen molar-refractivity contribution in [2.24, 2.45) is 11.8 Å². The van der Waals surface area contributed by atoms with Gasteiger partial charge in [0.1, 0.15) is 11.3 Å². The zero-order valence-corrected chi connectivity index (χ0v) is 25.5. The predicted octanol–water partition coefficient (Wildman–Crippen LogP) is 3.90. The SMILES string of the molecule is O=C(NCC1CC1)c1c(NC(=O)C2CC2)sc2c1C[C@H](n1cnnc1N(CCN1CCOCC1)Cc1ccccc1)CC2. The van der Waals surface area contributed by atoms with Gasteiger partial charge >= 0.3 is 0 Å². The maximum Gasteiger partial charge on any atom is 0.254 e. The van der Waals surface area contributed by atoms with Crippen LogP contribution in [-0.2, 0) is 28.9 Å². The highest BCUT2D eigenvalue weighted by molar-refractivity contribution is 7.17. The first-order valence-electron chi connectivity index (χ1n) is 15.8. The van der Waals surface area contributed by atoms with Crippen molar-refractivity contribution in [3.63, 3.8) is 0 Å². The summed E-state index contributed by atoms with van der Waals surface area (Å²) in [4.78, 5) is 32.4. The second kappa shape index (κ2) is 12.8. The molecular weight excluding hydrogens is 562 g/mol. The highest BCUT2D eigenvalue weighted by atomic mass is 32.1. The number of hydrogen-bond donors (Lipinski definition) is 2. The molecule has 1 saturated heterocycles. The van der Waals surface area contributed by atoms with E-state index in [9.17, 15) is 9.59 Å². The zero-order chi connectivity index (χ0) is 29.2. The average molecular weight is 604 g/mol. The highest BCUT2D eigenvalue weighted by Crippen LogP contribution is 2.43. The number of morpholine rings is 1. The number of anilines is 2. The van der Waals surface area contributed by atoms with Crippen molar-refractivity contribution in [3.8, 4) is 0 Å². The van der Waals surface area contributed by atoms with Gasteiger partial charge in [-0.05, 0) is 62.0 Å². The van der Waals surface area contributed by atoms with Crippen LogP contribution in [-0.4, -0.2) is 77.4 Å². The molecule has 0 spiro atoms. The molecular formula is C32H41N7O3S. The molecule has 7 rings (SSSR count). The third-order valence-corrected chi connectivity index (χ3v) is 10.3. The fourth-order valence-electron chi connectivity index (χ4n) is 6.20. The van der Waals surface area contributed by atoms with Gasteiger partial charge in [0.15, 0.2) is 0 Å². The molecule has 1 aromatic carbocycles. The number of hydrogen-bond acceptors (Lipinski definition) is 8. The Morgan fingerprint density at radius 2 is 1.88 bits per heavy atom. The molecule has 11 heteroatoms. The van der Waals surface area contributed by atoms with Crippen LogP contribution in [0.1, 0.15) is 64.5 Å². The molecule has 1 aliphatic heterocycles. The summed E-state index contributed by atoms with van der Waals surface area (Å²) >= 11 is 1.59. The largest absolute Gasteiger partial charge is 0.379 e. The fraction of sp³-hybridized carbons (Fsp3) is 0.562. The summed E-state index contributed by atoms with van der Waals surface area (Å²) in [5.74, 6) is 1.52. The molecule has 0 radical (unpaired) electrons. The zero-order valence-electron chi connectivity index (χ0n) is 24.7. The molecule has 2 saturated carbocycles. The van der Waals surface area contributed by atoms with Gasteiger partial charge in [-0.15, -0.1) is 21.5 Å². The molecule has 0 bridgehead atoms. The molecule has 0 unspecified atom stereocenters. The summed E-state index contributed by atoms with van der Waals surface area (Å²) in [7, 11) is 0. The molecule has 2 amide bonds. The minimum absolute atomic E-state index is 0.0457. The van der Waals surface area contributed by atoms with Crippen molar-refractivity contribution in [2.75, 3.05) is 56.2 Å². The number of nitrogens with zero attached hydrogens (tertiary/aromatic N) is 5. The molecule has 2 N–H and O–H groups in total. The van der Waals surface area contributed by atoms with Crippen LogP contribution in [0, 0.1) is 11.8 Å². The summed E-state index contributed by atoms with van der Waals surface area (Å²) in [6, 6.07) is 10.6. The van der Waals surface area contributed by atoms with Crippen LogP contribution in [0.5, 0.6) is 0 Å². The fourth-order valence-corrected chi connectivity index (χ4v) is 7.44. The van der Waals surface area contributed by atoms with Crippen LogP contribution < -0.4 is 15.5 Å². The van der Waals surface area contributed by atoms with E-state index in [1.165, 1.54) is 23.3 Å². The lowest BCUT2D eigenvalue weighted by molar-refractivity contribution is -0.117. The van der Waals surface area contributed by atoms with Gasteiger partial charge in [-0.2, -0.15) is 0 Å². The molecule has 3 fully saturated rings. The number of aromatic nitrogens is 3. The minimum atomic E-state index is -0.0589. The topological polar surface area (TPSA) is 105 Å². The number of aryl methyl sites for hydroxylation is 1. The Labute approximate surface area is 256 Å². The molecule has 4 aliphatic rings. The van der Waals surface area contributed by atoms with Gasteiger partial charge in [0.25, 0.3) is 5.91 Å². The van der Waals surface area contributed by atoms with E-state index in [1.54, 1.807) is 11.3 Å². The van der Waals surface area contributed by atoms with Gasteiger partial charge in [0.2, 0.25) is 11.9 Å². The second-order valence-electron chi connectivity index (χ2n) is 12.4. The molecule has 2 aromatic heterocycles. The number of carbonyl (C=O) groups is 2. The monoisotopic (exact) mass is 603 g/mol. The van der Waals surface area contributed by atoms with Gasteiger partial charge in [0, 0.05) is 56.1 Å². The summed E-state index contributed by atoms with van der Waals surface area (Å²) < 4.78 is 7.78. The second-order valence-corrected chi connectivity index (χ2v) is 13.5. The smallest absolute Gasteiger partial charge is 0.254 e. The third kappa shape index (κ3) is 6.78. The lowest BCUT2D eigenvalue weighted by atomic mass is 9.91. The van der Waals surface area contributed by atoms with Crippen molar-refractivity contribution in [3.05, 3.63) is 58.2 Å². The van der Waals surface area contributed by atoms with E-state index in [4.69, 9.17) is 4.74 Å². The van der Waals surface area contributed by atoms with Gasteiger partial charge in [0.05, 0.1) is 18.8 Å². The van der Waals surface area contributed by atoms with Gasteiger partial charge in [-0.25, -0.2) is 0 Å². The van der Waals surface area contributed by atoms with Crippen LogP contribution in [0.3, 0.4) is 0 Å². The van der Waals surface area contributed by atoms with Gasteiger partial charge in [-0.1, -0.05) is 30.3 Å². The van der Waals surface area contributed by atoms with Crippen LogP contribution in [0.2, 0.25) is 0 Å². The van der Waals surface area contributed by atoms with Crippen molar-refractivity contribution in [2.45, 2.75) is 57.5 Å². The van der Waals surface area contributed by atoms with E-state index < -0.39 is 0 Å². The van der Waals surface area contributed by atoms with Gasteiger partial charge < -0.3 is 20.3 Å². The van der Waals surface area contributed by atoms with Crippen molar-refractivity contribution >= 4 is 34.1 Å². The summed E-state index contributed by atoms with van der Waals surface area (Å²) in [5, 5.41) is 16.1. The number of rotatable bonds is 12. The van der Waals surface area contributed by atoms with Crippen LogP contribution >= 0.6 is 11.3 Å². The Bertz CT molecular complexity index is 1430. The van der Waals surface area contributed by atoms with E-state index in [0.717, 1.165) is 88.1 Å². The molecule has 3 aliphatic carbocycles. The first-order valence-corrected chi connectivity index (χ1v) is 16.7. The van der Waals surface area contributed by atoms with Crippen molar-refractivity contribution < 1.29 is 14.3 Å².